The third-order valence-corrected chi connectivity index (χ3v) is 3.25. The summed E-state index contributed by atoms with van der Waals surface area (Å²) in [6.07, 6.45) is 6.90. The van der Waals surface area contributed by atoms with E-state index in [4.69, 9.17) is 9.47 Å². The molecule has 1 saturated heterocycles. The molecule has 74 valence electrons. The van der Waals surface area contributed by atoms with Gasteiger partial charge in [0.2, 0.25) is 0 Å². The molecule has 0 bridgehead atoms. The fourth-order valence-corrected chi connectivity index (χ4v) is 2.47. The molecule has 2 nitrogen and oxygen atoms in total. The van der Waals surface area contributed by atoms with Crippen LogP contribution in [0, 0.1) is 11.8 Å². The molecule has 2 rings (SSSR count). The zero-order valence-corrected chi connectivity index (χ0v) is 8.45. The summed E-state index contributed by atoms with van der Waals surface area (Å²) >= 11 is 0. The normalized spacial score (nSPS) is 38.0. The van der Waals surface area contributed by atoms with Gasteiger partial charge in [0, 0.05) is 5.92 Å². The molecule has 0 aromatic heterocycles. The van der Waals surface area contributed by atoms with Gasteiger partial charge in [-0.1, -0.05) is 19.1 Å². The largest absolute Gasteiger partial charge is 0.348 e. The number of ether oxygens (including phenoxy) is 2. The minimum Gasteiger partial charge on any atom is -0.348 e. The first-order chi connectivity index (χ1) is 6.22. The quantitative estimate of drug-likeness (QED) is 0.579. The third kappa shape index (κ3) is 1.65. The molecular formula is C11H18O2. The summed E-state index contributed by atoms with van der Waals surface area (Å²) in [7, 11) is 0. The second-order valence-corrected chi connectivity index (χ2v) is 4.18. The Morgan fingerprint density at radius 3 is 2.62 bits per heavy atom. The lowest BCUT2D eigenvalue weighted by atomic mass is 9.80. The predicted molar refractivity (Wildman–Crippen MR) is 51.3 cm³/mol. The van der Waals surface area contributed by atoms with Crippen LogP contribution < -0.4 is 0 Å². The Hall–Kier alpha value is -0.340. The van der Waals surface area contributed by atoms with Crippen LogP contribution in [0.1, 0.15) is 26.7 Å². The summed E-state index contributed by atoms with van der Waals surface area (Å²) in [5.41, 5.74) is 0. The molecule has 13 heavy (non-hydrogen) atoms. The van der Waals surface area contributed by atoms with E-state index in [1.54, 1.807) is 0 Å². The van der Waals surface area contributed by atoms with E-state index in [-0.39, 0.29) is 5.79 Å². The Kier molecular flexibility index (Phi) is 2.43. The number of hydrogen-bond acceptors (Lipinski definition) is 2. The van der Waals surface area contributed by atoms with Gasteiger partial charge in [-0.15, -0.1) is 0 Å². The number of hydrogen-bond donors (Lipinski definition) is 0. The molecule has 0 aromatic carbocycles. The van der Waals surface area contributed by atoms with Crippen molar-refractivity contribution in [3.63, 3.8) is 0 Å². The molecule has 1 heterocycles. The van der Waals surface area contributed by atoms with E-state index in [1.165, 1.54) is 6.42 Å². The molecule has 1 fully saturated rings. The van der Waals surface area contributed by atoms with Crippen LogP contribution in [0.2, 0.25) is 0 Å². The molecule has 0 radical (unpaired) electrons. The van der Waals surface area contributed by atoms with Crippen molar-refractivity contribution in [1.29, 1.82) is 0 Å². The first-order valence-electron chi connectivity index (χ1n) is 5.17. The lowest BCUT2D eigenvalue weighted by Crippen LogP contribution is -2.40. The van der Waals surface area contributed by atoms with Crippen LogP contribution in [0.15, 0.2) is 12.2 Å². The van der Waals surface area contributed by atoms with Gasteiger partial charge in [0.25, 0.3) is 0 Å². The first-order valence-corrected chi connectivity index (χ1v) is 5.17. The highest BCUT2D eigenvalue weighted by Gasteiger charge is 2.42. The lowest BCUT2D eigenvalue weighted by molar-refractivity contribution is -0.191. The highest BCUT2D eigenvalue weighted by Crippen LogP contribution is 2.38. The molecule has 1 aliphatic heterocycles. The fourth-order valence-electron chi connectivity index (χ4n) is 2.47. The van der Waals surface area contributed by atoms with Crippen molar-refractivity contribution in [1.82, 2.24) is 0 Å². The van der Waals surface area contributed by atoms with E-state index in [0.29, 0.717) is 11.8 Å². The molecular weight excluding hydrogens is 164 g/mol. The summed E-state index contributed by atoms with van der Waals surface area (Å²) in [5, 5.41) is 0. The van der Waals surface area contributed by atoms with Crippen LogP contribution >= 0.6 is 0 Å². The standard InChI is InChI=1S/C11H18O2/c1-9-5-3-4-6-10(9)11(2)12-7-8-13-11/h3,5,9-10H,4,6-8H2,1-2H3/t9-,10-/m1/s1. The predicted octanol–water partition coefficient (Wildman–Crippen LogP) is 2.35. The maximum absolute atomic E-state index is 5.69. The lowest BCUT2D eigenvalue weighted by Gasteiger charge is -2.36. The smallest absolute Gasteiger partial charge is 0.169 e. The molecule has 0 N–H and O–H groups in total. The summed E-state index contributed by atoms with van der Waals surface area (Å²) < 4.78 is 11.4. The molecule has 2 atom stereocenters. The van der Waals surface area contributed by atoms with Crippen LogP contribution in [-0.4, -0.2) is 19.0 Å². The van der Waals surface area contributed by atoms with E-state index in [1.807, 2.05) is 0 Å². The van der Waals surface area contributed by atoms with E-state index >= 15 is 0 Å². The first kappa shape index (κ1) is 9.22. The van der Waals surface area contributed by atoms with Crippen molar-refractivity contribution in [3.05, 3.63) is 12.2 Å². The zero-order chi connectivity index (χ0) is 9.31. The molecule has 0 aromatic rings. The van der Waals surface area contributed by atoms with Gasteiger partial charge in [0.1, 0.15) is 0 Å². The monoisotopic (exact) mass is 182 g/mol. The summed E-state index contributed by atoms with van der Waals surface area (Å²) in [6, 6.07) is 0. The Balaban J connectivity index is 2.10. The highest BCUT2D eigenvalue weighted by molar-refractivity contribution is 4.99. The third-order valence-electron chi connectivity index (χ3n) is 3.25. The van der Waals surface area contributed by atoms with Gasteiger partial charge in [0.05, 0.1) is 13.2 Å². The van der Waals surface area contributed by atoms with E-state index in [2.05, 4.69) is 26.0 Å². The van der Waals surface area contributed by atoms with Crippen molar-refractivity contribution in [2.45, 2.75) is 32.5 Å². The van der Waals surface area contributed by atoms with Gasteiger partial charge < -0.3 is 9.47 Å². The average molecular weight is 182 g/mol. The molecule has 0 amide bonds. The summed E-state index contributed by atoms with van der Waals surface area (Å²) in [5.74, 6) is 0.793. The Bertz CT molecular complexity index is 204. The van der Waals surface area contributed by atoms with Gasteiger partial charge >= 0.3 is 0 Å². The Morgan fingerprint density at radius 1 is 1.31 bits per heavy atom. The Morgan fingerprint density at radius 2 is 2.00 bits per heavy atom. The van der Waals surface area contributed by atoms with Crippen LogP contribution in [0.3, 0.4) is 0 Å². The van der Waals surface area contributed by atoms with Crippen molar-refractivity contribution in [2.75, 3.05) is 13.2 Å². The maximum Gasteiger partial charge on any atom is 0.169 e. The molecule has 2 heteroatoms. The van der Waals surface area contributed by atoms with Gasteiger partial charge in [0.15, 0.2) is 5.79 Å². The van der Waals surface area contributed by atoms with E-state index < -0.39 is 0 Å². The molecule has 1 aliphatic carbocycles. The molecule has 0 saturated carbocycles. The highest BCUT2D eigenvalue weighted by atomic mass is 16.7. The minimum absolute atomic E-state index is 0.315. The molecule has 0 spiro atoms. The molecule has 2 aliphatic rings. The molecule has 0 unspecified atom stereocenters. The van der Waals surface area contributed by atoms with Crippen LogP contribution in [0.4, 0.5) is 0 Å². The SMILES string of the molecule is C[C@@H]1C=CCC[C@H]1C1(C)OCCO1. The second-order valence-electron chi connectivity index (χ2n) is 4.18. The number of allylic oxidation sites excluding steroid dienone is 2. The van der Waals surface area contributed by atoms with Crippen LogP contribution in [0.5, 0.6) is 0 Å². The van der Waals surface area contributed by atoms with Gasteiger partial charge in [-0.25, -0.2) is 0 Å². The number of rotatable bonds is 1. The van der Waals surface area contributed by atoms with Crippen LogP contribution in [0.25, 0.3) is 0 Å². The fraction of sp³-hybridized carbons (Fsp3) is 0.818. The van der Waals surface area contributed by atoms with Gasteiger partial charge in [-0.2, -0.15) is 0 Å². The van der Waals surface area contributed by atoms with E-state index in [0.717, 1.165) is 19.6 Å². The zero-order valence-electron chi connectivity index (χ0n) is 8.45. The summed E-state index contributed by atoms with van der Waals surface area (Å²) in [6.45, 7) is 5.84. The van der Waals surface area contributed by atoms with Gasteiger partial charge in [-0.3, -0.25) is 0 Å². The maximum atomic E-state index is 5.69. The average Bonchev–Trinajstić information content (AvgIpc) is 2.54. The van der Waals surface area contributed by atoms with Crippen molar-refractivity contribution in [2.24, 2.45) is 11.8 Å². The second kappa shape index (κ2) is 3.43. The topological polar surface area (TPSA) is 18.5 Å². The minimum atomic E-state index is -0.315. The van der Waals surface area contributed by atoms with Crippen molar-refractivity contribution >= 4 is 0 Å². The van der Waals surface area contributed by atoms with Gasteiger partial charge in [-0.05, 0) is 25.7 Å². The van der Waals surface area contributed by atoms with E-state index in [9.17, 15) is 0 Å². The summed E-state index contributed by atoms with van der Waals surface area (Å²) in [4.78, 5) is 0. The van der Waals surface area contributed by atoms with Crippen molar-refractivity contribution in [3.8, 4) is 0 Å². The van der Waals surface area contributed by atoms with Crippen LogP contribution in [-0.2, 0) is 9.47 Å². The Labute approximate surface area is 79.9 Å². The van der Waals surface area contributed by atoms with Crippen molar-refractivity contribution < 1.29 is 9.47 Å².